The van der Waals surface area contributed by atoms with Crippen LogP contribution in [0.5, 0.6) is 0 Å². The van der Waals surface area contributed by atoms with Crippen molar-refractivity contribution in [1.29, 1.82) is 0 Å². The van der Waals surface area contributed by atoms with E-state index >= 15 is 0 Å². The zero-order valence-corrected chi connectivity index (χ0v) is 11.7. The van der Waals surface area contributed by atoms with Gasteiger partial charge in [0.2, 0.25) is 0 Å². The van der Waals surface area contributed by atoms with Gasteiger partial charge in [-0.3, -0.25) is 9.59 Å². The second kappa shape index (κ2) is 4.84. The molecule has 3 aromatic rings. The highest BCUT2D eigenvalue weighted by Gasteiger charge is 2.24. The van der Waals surface area contributed by atoms with E-state index < -0.39 is 0 Å². The highest BCUT2D eigenvalue weighted by Crippen LogP contribution is 2.22. The van der Waals surface area contributed by atoms with Crippen molar-refractivity contribution in [1.82, 2.24) is 9.97 Å². The summed E-state index contributed by atoms with van der Waals surface area (Å²) in [5.74, 6) is -0.177. The minimum atomic E-state index is -0.0884. The lowest BCUT2D eigenvalue weighted by molar-refractivity contribution is 0.0952. The van der Waals surface area contributed by atoms with E-state index in [0.29, 0.717) is 22.5 Å². The Morgan fingerprint density at radius 3 is 1.50 bits per heavy atom. The fraction of sp³-hybridized carbons (Fsp3) is 0.111. The Balaban J connectivity index is 1.91. The van der Waals surface area contributed by atoms with Gasteiger partial charge in [-0.15, -0.1) is 0 Å². The molecule has 0 aliphatic heterocycles. The van der Waals surface area contributed by atoms with E-state index in [9.17, 15) is 9.59 Å². The molecule has 4 heteroatoms. The monoisotopic (exact) mass is 288 g/mol. The molecule has 0 atom stereocenters. The molecule has 1 aliphatic rings. The first-order valence-electron chi connectivity index (χ1n) is 7.12. The van der Waals surface area contributed by atoms with Crippen LogP contribution in [0.15, 0.2) is 48.5 Å². The Hall–Kier alpha value is -2.88. The van der Waals surface area contributed by atoms with Gasteiger partial charge in [-0.1, -0.05) is 36.4 Å². The number of para-hydroxylation sites is 2. The van der Waals surface area contributed by atoms with Gasteiger partial charge in [-0.25, -0.2) is 9.97 Å². The summed E-state index contributed by atoms with van der Waals surface area (Å²) in [6, 6.07) is 14.5. The number of Topliss-reactive ketones (excluding diaryl/α,β-unsaturated/α-hetero) is 2. The molecule has 0 unspecified atom stereocenters. The molecule has 1 heterocycles. The molecule has 0 fully saturated rings. The Bertz CT molecular complexity index is 856. The number of fused-ring (bicyclic) bond motifs is 3. The van der Waals surface area contributed by atoms with E-state index in [1.165, 1.54) is 0 Å². The van der Waals surface area contributed by atoms with Crippen molar-refractivity contribution in [3.05, 3.63) is 71.0 Å². The Kier molecular flexibility index (Phi) is 2.82. The lowest BCUT2D eigenvalue weighted by atomic mass is 9.91. The minimum Gasteiger partial charge on any atom is -0.294 e. The van der Waals surface area contributed by atoms with Crippen LogP contribution in [0.2, 0.25) is 0 Å². The third-order valence-corrected chi connectivity index (χ3v) is 3.91. The molecule has 0 amide bonds. The summed E-state index contributed by atoms with van der Waals surface area (Å²) < 4.78 is 0. The molecule has 0 bridgehead atoms. The third kappa shape index (κ3) is 2.00. The van der Waals surface area contributed by atoms with Crippen LogP contribution in [0.4, 0.5) is 0 Å². The largest absolute Gasteiger partial charge is 0.294 e. The van der Waals surface area contributed by atoms with Gasteiger partial charge >= 0.3 is 0 Å². The maximum absolute atomic E-state index is 12.5. The predicted molar refractivity (Wildman–Crippen MR) is 82.0 cm³/mol. The average Bonchev–Trinajstić information content (AvgIpc) is 2.54. The van der Waals surface area contributed by atoms with Crippen molar-refractivity contribution in [2.75, 3.05) is 0 Å². The van der Waals surface area contributed by atoms with E-state index in [0.717, 1.165) is 11.0 Å². The molecule has 0 radical (unpaired) electrons. The minimum absolute atomic E-state index is 0.0884. The van der Waals surface area contributed by atoms with Crippen LogP contribution in [-0.4, -0.2) is 21.5 Å². The van der Waals surface area contributed by atoms with Gasteiger partial charge < -0.3 is 0 Å². The molecule has 1 aliphatic carbocycles. The molecule has 0 saturated heterocycles. The molecular formula is C18H12N2O2. The number of rotatable bonds is 0. The van der Waals surface area contributed by atoms with Crippen LogP contribution >= 0.6 is 0 Å². The van der Waals surface area contributed by atoms with Crippen molar-refractivity contribution < 1.29 is 9.59 Å². The lowest BCUT2D eigenvalue weighted by Crippen LogP contribution is -2.20. The number of hydrogen-bond acceptors (Lipinski definition) is 4. The molecule has 0 N–H and O–H groups in total. The average molecular weight is 288 g/mol. The number of carbonyl (C=O) groups is 2. The highest BCUT2D eigenvalue weighted by atomic mass is 16.1. The predicted octanol–water partition coefficient (Wildman–Crippen LogP) is 2.79. The Morgan fingerprint density at radius 2 is 1.05 bits per heavy atom. The number of hydrogen-bond donors (Lipinski definition) is 0. The molecule has 0 spiro atoms. The number of ketones is 2. The summed E-state index contributed by atoms with van der Waals surface area (Å²) in [6.45, 7) is 0. The zero-order chi connectivity index (χ0) is 15.1. The number of carbonyl (C=O) groups excluding carboxylic acids is 2. The van der Waals surface area contributed by atoms with Crippen LogP contribution in [0.25, 0.3) is 11.0 Å². The van der Waals surface area contributed by atoms with Crippen LogP contribution < -0.4 is 0 Å². The molecule has 106 valence electrons. The van der Waals surface area contributed by atoms with Crippen LogP contribution in [0.3, 0.4) is 0 Å². The summed E-state index contributed by atoms with van der Waals surface area (Å²) >= 11 is 0. The maximum Gasteiger partial charge on any atom is 0.169 e. The van der Waals surface area contributed by atoms with Crippen LogP contribution in [0.1, 0.15) is 32.1 Å². The van der Waals surface area contributed by atoms with Crippen LogP contribution in [-0.2, 0) is 12.8 Å². The summed E-state index contributed by atoms with van der Waals surface area (Å²) in [6.07, 6.45) is 0.356. The summed E-state index contributed by atoms with van der Waals surface area (Å²) in [5, 5.41) is 0. The van der Waals surface area contributed by atoms with Gasteiger partial charge in [0.05, 0.1) is 35.3 Å². The van der Waals surface area contributed by atoms with Gasteiger partial charge in [0, 0.05) is 11.1 Å². The van der Waals surface area contributed by atoms with E-state index in [1.807, 2.05) is 24.3 Å². The first kappa shape index (κ1) is 12.8. The summed E-state index contributed by atoms with van der Waals surface area (Å²) in [7, 11) is 0. The van der Waals surface area contributed by atoms with Crippen molar-refractivity contribution >= 4 is 22.6 Å². The molecule has 1 aromatic heterocycles. The number of aromatic nitrogens is 2. The Morgan fingerprint density at radius 1 is 0.636 bits per heavy atom. The number of benzene rings is 2. The SMILES string of the molecule is O=C1Cc2nc3ccccc3nc2CC(=O)c2ccccc21. The van der Waals surface area contributed by atoms with E-state index in [2.05, 4.69) is 9.97 Å². The molecule has 4 nitrogen and oxygen atoms in total. The quantitative estimate of drug-likeness (QED) is 0.638. The standard InChI is InChI=1S/C18H12N2O2/c21-17-9-15-16(20-14-8-4-3-7-13(14)19-15)10-18(22)12-6-2-1-5-11(12)17/h1-8H,9-10H2. The first-order chi connectivity index (χ1) is 10.7. The third-order valence-electron chi connectivity index (χ3n) is 3.91. The zero-order valence-electron chi connectivity index (χ0n) is 11.7. The van der Waals surface area contributed by atoms with Crippen molar-refractivity contribution in [3.63, 3.8) is 0 Å². The van der Waals surface area contributed by atoms with Crippen molar-refractivity contribution in [3.8, 4) is 0 Å². The van der Waals surface area contributed by atoms with E-state index in [1.54, 1.807) is 24.3 Å². The lowest BCUT2D eigenvalue weighted by Gasteiger charge is -2.14. The first-order valence-corrected chi connectivity index (χ1v) is 7.12. The normalized spacial score (nSPS) is 14.2. The van der Waals surface area contributed by atoms with Gasteiger partial charge in [-0.2, -0.15) is 0 Å². The second-order valence-electron chi connectivity index (χ2n) is 5.35. The van der Waals surface area contributed by atoms with Gasteiger partial charge in [0.25, 0.3) is 0 Å². The van der Waals surface area contributed by atoms with Gasteiger partial charge in [0.1, 0.15) is 0 Å². The molecular weight excluding hydrogens is 276 g/mol. The van der Waals surface area contributed by atoms with Crippen LogP contribution in [0, 0.1) is 0 Å². The molecule has 4 rings (SSSR count). The van der Waals surface area contributed by atoms with Gasteiger partial charge in [0.15, 0.2) is 11.6 Å². The fourth-order valence-corrected chi connectivity index (χ4v) is 2.82. The second-order valence-corrected chi connectivity index (χ2v) is 5.35. The van der Waals surface area contributed by atoms with E-state index in [-0.39, 0.29) is 24.4 Å². The summed E-state index contributed by atoms with van der Waals surface area (Å²) in [5.41, 5.74) is 3.66. The number of nitrogens with zero attached hydrogens (tertiary/aromatic N) is 2. The van der Waals surface area contributed by atoms with Crippen molar-refractivity contribution in [2.24, 2.45) is 0 Å². The van der Waals surface area contributed by atoms with E-state index in [4.69, 9.17) is 0 Å². The molecule has 22 heavy (non-hydrogen) atoms. The highest BCUT2D eigenvalue weighted by molar-refractivity contribution is 6.11. The Labute approximate surface area is 126 Å². The topological polar surface area (TPSA) is 59.9 Å². The maximum atomic E-state index is 12.5. The van der Waals surface area contributed by atoms with Gasteiger partial charge in [-0.05, 0) is 12.1 Å². The summed E-state index contributed by atoms with van der Waals surface area (Å²) in [4.78, 5) is 34.0. The fourth-order valence-electron chi connectivity index (χ4n) is 2.82. The molecule has 2 aromatic carbocycles. The smallest absolute Gasteiger partial charge is 0.169 e. The molecule has 0 saturated carbocycles. The van der Waals surface area contributed by atoms with Crippen molar-refractivity contribution in [2.45, 2.75) is 12.8 Å².